The Morgan fingerprint density at radius 1 is 1.31 bits per heavy atom. The average molecular weight is 183 g/mol. The highest BCUT2D eigenvalue weighted by atomic mass is 16.5. The summed E-state index contributed by atoms with van der Waals surface area (Å²) < 4.78 is 10.3. The summed E-state index contributed by atoms with van der Waals surface area (Å²) in [5, 5.41) is 8.41. The van der Waals surface area contributed by atoms with Crippen molar-refractivity contribution in [3.05, 3.63) is 24.5 Å². The zero-order valence-electron chi connectivity index (χ0n) is 7.35. The summed E-state index contributed by atoms with van der Waals surface area (Å²) in [6.07, 6.45) is 3.33. The van der Waals surface area contributed by atoms with Crippen LogP contribution in [0.25, 0.3) is 0 Å². The number of ether oxygens (including phenoxy) is 2. The van der Waals surface area contributed by atoms with Gasteiger partial charge in [0.25, 0.3) is 0 Å². The number of aliphatic hydroxyl groups excluding tert-OH is 1. The van der Waals surface area contributed by atoms with Crippen LogP contribution in [-0.4, -0.2) is 36.5 Å². The lowest BCUT2D eigenvalue weighted by molar-refractivity contribution is 0.0704. The normalized spacial score (nSPS) is 9.92. The second-order valence-electron chi connectivity index (χ2n) is 2.37. The fourth-order valence-electron chi connectivity index (χ4n) is 0.818. The molecule has 1 rings (SSSR count). The number of aromatic nitrogens is 1. The monoisotopic (exact) mass is 183 g/mol. The molecule has 0 unspecified atom stereocenters. The van der Waals surface area contributed by atoms with Gasteiger partial charge in [-0.05, 0) is 12.1 Å². The van der Waals surface area contributed by atoms with Crippen molar-refractivity contribution in [2.45, 2.75) is 0 Å². The molecule has 0 aromatic carbocycles. The van der Waals surface area contributed by atoms with E-state index in [1.807, 2.05) is 12.1 Å². The molecule has 72 valence electrons. The third-order valence-corrected chi connectivity index (χ3v) is 1.37. The molecule has 1 heterocycles. The summed E-state index contributed by atoms with van der Waals surface area (Å²) in [6, 6.07) is 3.64. The summed E-state index contributed by atoms with van der Waals surface area (Å²) in [4.78, 5) is 3.89. The molecule has 0 aliphatic rings. The summed E-state index contributed by atoms with van der Waals surface area (Å²) in [6.45, 7) is 1.37. The highest BCUT2D eigenvalue weighted by Gasteiger charge is 1.91. The Morgan fingerprint density at radius 2 is 2.23 bits per heavy atom. The summed E-state index contributed by atoms with van der Waals surface area (Å²) in [7, 11) is 0. The van der Waals surface area contributed by atoms with E-state index in [1.54, 1.807) is 12.4 Å². The van der Waals surface area contributed by atoms with Crippen LogP contribution in [0.3, 0.4) is 0 Å². The molecule has 4 nitrogen and oxygen atoms in total. The van der Waals surface area contributed by atoms with Crippen molar-refractivity contribution < 1.29 is 14.6 Å². The molecule has 0 amide bonds. The van der Waals surface area contributed by atoms with Crippen molar-refractivity contribution in [2.24, 2.45) is 0 Å². The molecule has 1 N–H and O–H groups in total. The van der Waals surface area contributed by atoms with Crippen LogP contribution in [0.1, 0.15) is 0 Å². The van der Waals surface area contributed by atoms with Gasteiger partial charge in [0.05, 0.1) is 26.0 Å². The van der Waals surface area contributed by atoms with Gasteiger partial charge in [-0.3, -0.25) is 4.98 Å². The molecular weight excluding hydrogens is 170 g/mol. The summed E-state index contributed by atoms with van der Waals surface area (Å²) >= 11 is 0. The maximum absolute atomic E-state index is 8.41. The summed E-state index contributed by atoms with van der Waals surface area (Å²) in [5.41, 5.74) is 0. The van der Waals surface area contributed by atoms with Crippen LogP contribution >= 0.6 is 0 Å². The SMILES string of the molecule is OCCOCCOc1cccnc1. The predicted molar refractivity (Wildman–Crippen MR) is 47.6 cm³/mol. The van der Waals surface area contributed by atoms with Gasteiger partial charge in [0.15, 0.2) is 0 Å². The largest absolute Gasteiger partial charge is 0.490 e. The van der Waals surface area contributed by atoms with E-state index in [9.17, 15) is 0 Å². The van der Waals surface area contributed by atoms with E-state index < -0.39 is 0 Å². The van der Waals surface area contributed by atoms with E-state index in [2.05, 4.69) is 4.98 Å². The van der Waals surface area contributed by atoms with E-state index in [0.717, 1.165) is 5.75 Å². The minimum absolute atomic E-state index is 0.0485. The van der Waals surface area contributed by atoms with Crippen LogP contribution < -0.4 is 4.74 Å². The second kappa shape index (κ2) is 6.39. The first kappa shape index (κ1) is 9.95. The first-order valence-corrected chi connectivity index (χ1v) is 4.15. The topological polar surface area (TPSA) is 51.6 Å². The van der Waals surface area contributed by atoms with Crippen molar-refractivity contribution in [2.75, 3.05) is 26.4 Å². The van der Waals surface area contributed by atoms with Crippen LogP contribution in [0.15, 0.2) is 24.5 Å². The second-order valence-corrected chi connectivity index (χ2v) is 2.37. The van der Waals surface area contributed by atoms with E-state index in [4.69, 9.17) is 14.6 Å². The molecule has 0 fully saturated rings. The number of hydrogen-bond donors (Lipinski definition) is 1. The molecule has 1 aromatic heterocycles. The number of pyridine rings is 1. The fourth-order valence-corrected chi connectivity index (χ4v) is 0.818. The zero-order valence-corrected chi connectivity index (χ0v) is 7.35. The van der Waals surface area contributed by atoms with Crippen molar-refractivity contribution in [1.82, 2.24) is 4.98 Å². The van der Waals surface area contributed by atoms with Gasteiger partial charge in [0.1, 0.15) is 12.4 Å². The molecule has 13 heavy (non-hydrogen) atoms. The standard InChI is InChI=1S/C9H13NO3/c11-4-5-12-6-7-13-9-2-1-3-10-8-9/h1-3,8,11H,4-7H2. The lowest BCUT2D eigenvalue weighted by atomic mass is 10.5. The van der Waals surface area contributed by atoms with Crippen molar-refractivity contribution in [3.63, 3.8) is 0 Å². The maximum Gasteiger partial charge on any atom is 0.137 e. The number of rotatable bonds is 6. The minimum Gasteiger partial charge on any atom is -0.490 e. The van der Waals surface area contributed by atoms with Crippen LogP contribution in [0.2, 0.25) is 0 Å². The van der Waals surface area contributed by atoms with E-state index in [-0.39, 0.29) is 6.61 Å². The highest BCUT2D eigenvalue weighted by Crippen LogP contribution is 2.05. The smallest absolute Gasteiger partial charge is 0.137 e. The summed E-state index contributed by atoms with van der Waals surface area (Å²) in [5.74, 6) is 0.732. The van der Waals surface area contributed by atoms with Crippen LogP contribution in [0.5, 0.6) is 5.75 Å². The minimum atomic E-state index is 0.0485. The van der Waals surface area contributed by atoms with Gasteiger partial charge >= 0.3 is 0 Å². The molecule has 0 radical (unpaired) electrons. The molecule has 0 saturated carbocycles. The molecular formula is C9H13NO3. The Balaban J connectivity index is 2.07. The van der Waals surface area contributed by atoms with Crippen LogP contribution in [0.4, 0.5) is 0 Å². The van der Waals surface area contributed by atoms with Gasteiger partial charge in [0, 0.05) is 6.20 Å². The van der Waals surface area contributed by atoms with Gasteiger partial charge < -0.3 is 14.6 Å². The number of nitrogens with zero attached hydrogens (tertiary/aromatic N) is 1. The molecule has 0 atom stereocenters. The Hall–Kier alpha value is -1.13. The zero-order chi connectivity index (χ0) is 9.36. The molecule has 0 spiro atoms. The van der Waals surface area contributed by atoms with Gasteiger partial charge in [-0.1, -0.05) is 0 Å². The van der Waals surface area contributed by atoms with E-state index in [1.165, 1.54) is 0 Å². The fraction of sp³-hybridized carbons (Fsp3) is 0.444. The Kier molecular flexibility index (Phi) is 4.90. The van der Waals surface area contributed by atoms with Crippen molar-refractivity contribution in [3.8, 4) is 5.75 Å². The Bertz CT molecular complexity index is 215. The van der Waals surface area contributed by atoms with Crippen LogP contribution in [0, 0.1) is 0 Å². The molecule has 0 aliphatic heterocycles. The molecule has 4 heteroatoms. The van der Waals surface area contributed by atoms with Gasteiger partial charge in [0.2, 0.25) is 0 Å². The third-order valence-electron chi connectivity index (χ3n) is 1.37. The first-order chi connectivity index (χ1) is 6.43. The maximum atomic E-state index is 8.41. The molecule has 0 saturated heterocycles. The Labute approximate surface area is 77.1 Å². The van der Waals surface area contributed by atoms with Crippen molar-refractivity contribution in [1.29, 1.82) is 0 Å². The first-order valence-electron chi connectivity index (χ1n) is 4.15. The van der Waals surface area contributed by atoms with E-state index in [0.29, 0.717) is 19.8 Å². The molecule has 0 bridgehead atoms. The molecule has 1 aromatic rings. The highest BCUT2D eigenvalue weighted by molar-refractivity contribution is 5.15. The molecule has 0 aliphatic carbocycles. The number of hydrogen-bond acceptors (Lipinski definition) is 4. The lowest BCUT2D eigenvalue weighted by Crippen LogP contribution is -2.09. The van der Waals surface area contributed by atoms with Gasteiger partial charge in [-0.2, -0.15) is 0 Å². The van der Waals surface area contributed by atoms with E-state index >= 15 is 0 Å². The average Bonchev–Trinajstić information content (AvgIpc) is 2.19. The van der Waals surface area contributed by atoms with Gasteiger partial charge in [-0.15, -0.1) is 0 Å². The third kappa shape index (κ3) is 4.45. The number of aliphatic hydroxyl groups is 1. The van der Waals surface area contributed by atoms with Crippen molar-refractivity contribution >= 4 is 0 Å². The lowest BCUT2D eigenvalue weighted by Gasteiger charge is -2.05. The Morgan fingerprint density at radius 3 is 2.92 bits per heavy atom. The van der Waals surface area contributed by atoms with Crippen LogP contribution in [-0.2, 0) is 4.74 Å². The quantitative estimate of drug-likeness (QED) is 0.651. The predicted octanol–water partition coefficient (Wildman–Crippen LogP) is 0.469. The van der Waals surface area contributed by atoms with Gasteiger partial charge in [-0.25, -0.2) is 0 Å².